The van der Waals surface area contributed by atoms with E-state index in [2.05, 4.69) is 10.3 Å². The van der Waals surface area contributed by atoms with Crippen molar-refractivity contribution in [3.63, 3.8) is 0 Å². The van der Waals surface area contributed by atoms with Crippen LogP contribution < -0.4 is 5.32 Å². The molecule has 1 aromatic rings. The van der Waals surface area contributed by atoms with Crippen molar-refractivity contribution in [2.75, 3.05) is 26.2 Å². The fourth-order valence-electron chi connectivity index (χ4n) is 2.93. The van der Waals surface area contributed by atoms with Gasteiger partial charge in [0.25, 0.3) is 0 Å². The van der Waals surface area contributed by atoms with Crippen LogP contribution in [0.5, 0.6) is 0 Å². The van der Waals surface area contributed by atoms with Crippen molar-refractivity contribution in [2.24, 2.45) is 0 Å². The normalized spacial score (nSPS) is 20.6. The molecule has 3 rings (SSSR count). The highest BCUT2D eigenvalue weighted by Crippen LogP contribution is 2.32. The van der Waals surface area contributed by atoms with Crippen LogP contribution in [0.4, 0.5) is 4.79 Å². The summed E-state index contributed by atoms with van der Waals surface area (Å²) in [6, 6.07) is 3.06. The van der Waals surface area contributed by atoms with E-state index in [1.807, 2.05) is 6.07 Å². The second kappa shape index (κ2) is 5.96. The Morgan fingerprint density at radius 1 is 1.35 bits per heavy atom. The first-order chi connectivity index (χ1) is 11.0. The summed E-state index contributed by atoms with van der Waals surface area (Å²) in [5.41, 5.74) is -0.233. The molecule has 2 saturated heterocycles. The van der Waals surface area contributed by atoms with E-state index >= 15 is 0 Å². The van der Waals surface area contributed by atoms with E-state index in [0.717, 1.165) is 5.56 Å². The van der Waals surface area contributed by atoms with E-state index in [-0.39, 0.29) is 19.0 Å². The molecule has 2 aliphatic heterocycles. The summed E-state index contributed by atoms with van der Waals surface area (Å²) in [6.45, 7) is 0.586. The van der Waals surface area contributed by atoms with Crippen molar-refractivity contribution in [2.45, 2.75) is 18.4 Å². The van der Waals surface area contributed by atoms with Crippen molar-refractivity contribution in [3.8, 4) is 0 Å². The molecule has 0 unspecified atom stereocenters. The van der Waals surface area contributed by atoms with Crippen molar-refractivity contribution < 1.29 is 19.5 Å². The molecule has 2 fully saturated rings. The lowest BCUT2D eigenvalue weighted by atomic mass is 9.85. The zero-order chi connectivity index (χ0) is 16.4. The predicted molar refractivity (Wildman–Crippen MR) is 79.1 cm³/mol. The molecule has 0 bridgehead atoms. The van der Waals surface area contributed by atoms with Gasteiger partial charge in [-0.3, -0.25) is 19.9 Å². The molecule has 0 aromatic carbocycles. The number of nitrogens with one attached hydrogen (secondary N) is 1. The van der Waals surface area contributed by atoms with Gasteiger partial charge in [0, 0.05) is 31.0 Å². The third-order valence-corrected chi connectivity index (χ3v) is 4.34. The quantitative estimate of drug-likeness (QED) is 0.728. The van der Waals surface area contributed by atoms with Gasteiger partial charge in [0.05, 0.1) is 5.60 Å². The predicted octanol–water partition coefficient (Wildman–Crippen LogP) is -0.557. The number of aromatic nitrogens is 1. The lowest BCUT2D eigenvalue weighted by molar-refractivity contribution is -0.136. The molecule has 122 valence electrons. The smallest absolute Gasteiger partial charge is 0.325 e. The highest BCUT2D eigenvalue weighted by Gasteiger charge is 2.37. The molecule has 0 atom stereocenters. The minimum absolute atomic E-state index is 0.0853. The monoisotopic (exact) mass is 318 g/mol. The van der Waals surface area contributed by atoms with Gasteiger partial charge in [-0.05, 0) is 18.9 Å². The Labute approximate surface area is 133 Å². The lowest BCUT2D eigenvalue weighted by Gasteiger charge is -2.38. The summed E-state index contributed by atoms with van der Waals surface area (Å²) in [7, 11) is 0. The van der Waals surface area contributed by atoms with Crippen molar-refractivity contribution in [1.29, 1.82) is 0 Å². The van der Waals surface area contributed by atoms with Crippen LogP contribution in [0.3, 0.4) is 0 Å². The average molecular weight is 318 g/mol. The van der Waals surface area contributed by atoms with E-state index in [1.54, 1.807) is 23.4 Å². The molecule has 4 amide bonds. The molecule has 1 aromatic heterocycles. The summed E-state index contributed by atoms with van der Waals surface area (Å²) in [4.78, 5) is 41.7. The maximum Gasteiger partial charge on any atom is 0.325 e. The Bertz CT molecular complexity index is 626. The number of carbonyl (C=O) groups is 3. The van der Waals surface area contributed by atoms with Gasteiger partial charge >= 0.3 is 6.03 Å². The highest BCUT2D eigenvalue weighted by molar-refractivity contribution is 6.03. The zero-order valence-electron chi connectivity index (χ0n) is 12.6. The maximum absolute atomic E-state index is 12.3. The van der Waals surface area contributed by atoms with E-state index in [9.17, 15) is 19.5 Å². The Hall–Kier alpha value is -2.48. The number of hydrogen-bond acceptors (Lipinski definition) is 5. The molecule has 0 spiro atoms. The maximum atomic E-state index is 12.3. The van der Waals surface area contributed by atoms with Gasteiger partial charge in [-0.2, -0.15) is 0 Å². The van der Waals surface area contributed by atoms with Gasteiger partial charge < -0.3 is 14.9 Å². The van der Waals surface area contributed by atoms with Crippen LogP contribution in [-0.2, 0) is 15.2 Å². The number of aliphatic hydroxyl groups is 1. The molecule has 0 aliphatic carbocycles. The van der Waals surface area contributed by atoms with Crippen molar-refractivity contribution in [3.05, 3.63) is 30.1 Å². The topological polar surface area (TPSA) is 103 Å². The first-order valence-corrected chi connectivity index (χ1v) is 7.47. The number of piperidine rings is 1. The molecule has 0 radical (unpaired) electrons. The Morgan fingerprint density at radius 3 is 2.65 bits per heavy atom. The Kier molecular flexibility index (Phi) is 3.99. The molecular formula is C15H18N4O4. The number of imide groups is 1. The first-order valence-electron chi connectivity index (χ1n) is 7.47. The summed E-state index contributed by atoms with van der Waals surface area (Å²) >= 11 is 0. The average Bonchev–Trinajstić information content (AvgIpc) is 2.86. The number of carbonyl (C=O) groups excluding carboxylic acids is 3. The van der Waals surface area contributed by atoms with Crippen molar-refractivity contribution >= 4 is 17.8 Å². The molecule has 3 heterocycles. The van der Waals surface area contributed by atoms with Gasteiger partial charge in [-0.1, -0.05) is 6.07 Å². The number of hydrogen-bond donors (Lipinski definition) is 2. The molecule has 8 nitrogen and oxygen atoms in total. The van der Waals surface area contributed by atoms with Crippen LogP contribution in [0, 0.1) is 0 Å². The minimum atomic E-state index is -0.980. The second-order valence-electron chi connectivity index (χ2n) is 5.86. The molecule has 2 N–H and O–H groups in total. The summed E-state index contributed by atoms with van der Waals surface area (Å²) in [5.74, 6) is -0.615. The fourth-order valence-corrected chi connectivity index (χ4v) is 2.93. The fraction of sp³-hybridized carbons (Fsp3) is 0.467. The van der Waals surface area contributed by atoms with Crippen LogP contribution in [-0.4, -0.2) is 63.9 Å². The number of likely N-dealkylation sites (tertiary alicyclic amines) is 1. The van der Waals surface area contributed by atoms with Gasteiger partial charge in [-0.25, -0.2) is 4.79 Å². The van der Waals surface area contributed by atoms with E-state index < -0.39 is 17.5 Å². The van der Waals surface area contributed by atoms with Crippen molar-refractivity contribution in [1.82, 2.24) is 20.1 Å². The zero-order valence-corrected chi connectivity index (χ0v) is 12.6. The second-order valence-corrected chi connectivity index (χ2v) is 5.86. The standard InChI is InChI=1S/C15H18N4O4/c20-12-9-19(14(22)17-12)10-13(21)18-6-3-15(23,4-7-18)11-2-1-5-16-8-11/h1-2,5,8,23H,3-4,6-7,9-10H2,(H,17,20,22). The van der Waals surface area contributed by atoms with Crippen LogP contribution in [0.2, 0.25) is 0 Å². The van der Waals surface area contributed by atoms with Crippen LogP contribution in [0.1, 0.15) is 18.4 Å². The summed E-state index contributed by atoms with van der Waals surface area (Å²) in [5, 5.41) is 12.8. The highest BCUT2D eigenvalue weighted by atomic mass is 16.3. The molecular weight excluding hydrogens is 300 g/mol. The molecule has 0 saturated carbocycles. The van der Waals surface area contributed by atoms with E-state index in [0.29, 0.717) is 25.9 Å². The van der Waals surface area contributed by atoms with E-state index in [4.69, 9.17) is 0 Å². The van der Waals surface area contributed by atoms with Crippen LogP contribution >= 0.6 is 0 Å². The number of pyridine rings is 1. The minimum Gasteiger partial charge on any atom is -0.385 e. The van der Waals surface area contributed by atoms with E-state index in [1.165, 1.54) is 4.90 Å². The Balaban J connectivity index is 1.57. The van der Waals surface area contributed by atoms with Gasteiger partial charge in [0.15, 0.2) is 0 Å². The number of amides is 4. The number of urea groups is 1. The van der Waals surface area contributed by atoms with Gasteiger partial charge in [0.1, 0.15) is 13.1 Å². The SMILES string of the molecule is O=C1CN(CC(=O)N2CCC(O)(c3cccnc3)CC2)C(=O)N1. The first kappa shape index (κ1) is 15.4. The molecule has 8 heteroatoms. The largest absolute Gasteiger partial charge is 0.385 e. The number of rotatable bonds is 3. The third kappa shape index (κ3) is 3.16. The Morgan fingerprint density at radius 2 is 2.09 bits per heavy atom. The summed E-state index contributed by atoms with van der Waals surface area (Å²) < 4.78 is 0. The van der Waals surface area contributed by atoms with Gasteiger partial charge in [0.2, 0.25) is 11.8 Å². The lowest BCUT2D eigenvalue weighted by Crippen LogP contribution is -2.48. The number of nitrogens with zero attached hydrogens (tertiary/aromatic N) is 3. The summed E-state index contributed by atoms with van der Waals surface area (Å²) in [6.07, 6.45) is 4.11. The molecule has 2 aliphatic rings. The molecule has 23 heavy (non-hydrogen) atoms. The van der Waals surface area contributed by atoms with Crippen LogP contribution in [0.25, 0.3) is 0 Å². The van der Waals surface area contributed by atoms with Crippen LogP contribution in [0.15, 0.2) is 24.5 Å². The van der Waals surface area contributed by atoms with Gasteiger partial charge in [-0.15, -0.1) is 0 Å². The third-order valence-electron chi connectivity index (χ3n) is 4.34.